The first kappa shape index (κ1) is 19.1. The maximum atomic E-state index is 12.9. The number of ether oxygens (including phenoxy) is 1. The van der Waals surface area contributed by atoms with Crippen LogP contribution in [0.1, 0.15) is 5.56 Å². The van der Waals surface area contributed by atoms with Crippen LogP contribution in [0.5, 0.6) is 0 Å². The summed E-state index contributed by atoms with van der Waals surface area (Å²) in [4.78, 5) is 27.7. The average Bonchev–Trinajstić information content (AvgIpc) is 2.62. The number of carbonyl (C=O) groups excluding carboxylic acids is 2. The number of nitrogens with one attached hydrogen (secondary N) is 1. The normalized spacial score (nSPS) is 15.5. The lowest BCUT2D eigenvalue weighted by atomic mass is 10.2. The number of rotatable bonds is 7. The Morgan fingerprint density at radius 2 is 1.88 bits per heavy atom. The third-order valence-electron chi connectivity index (χ3n) is 3.97. The van der Waals surface area contributed by atoms with E-state index in [4.69, 9.17) is 4.74 Å². The van der Waals surface area contributed by atoms with E-state index >= 15 is 0 Å². The van der Waals surface area contributed by atoms with Gasteiger partial charge in [0.25, 0.3) is 0 Å². The Morgan fingerprint density at radius 1 is 1.20 bits per heavy atom. The molecular formula is C18H24FN3O3. The first-order valence-electron chi connectivity index (χ1n) is 8.29. The number of halogens is 1. The van der Waals surface area contributed by atoms with Gasteiger partial charge in [-0.1, -0.05) is 12.1 Å². The number of piperazine rings is 1. The molecule has 136 valence electrons. The first-order valence-corrected chi connectivity index (χ1v) is 8.29. The molecule has 1 fully saturated rings. The molecule has 0 aliphatic carbocycles. The number of amides is 2. The van der Waals surface area contributed by atoms with Crippen molar-refractivity contribution in [2.45, 2.75) is 0 Å². The molecule has 7 heteroatoms. The Kier molecular flexibility index (Phi) is 7.56. The molecule has 1 heterocycles. The lowest BCUT2D eigenvalue weighted by Gasteiger charge is -2.33. The second kappa shape index (κ2) is 9.90. The predicted molar refractivity (Wildman–Crippen MR) is 93.3 cm³/mol. The van der Waals surface area contributed by atoms with Crippen molar-refractivity contribution >= 4 is 17.9 Å². The molecule has 0 spiro atoms. The van der Waals surface area contributed by atoms with E-state index in [1.807, 2.05) is 4.90 Å². The summed E-state index contributed by atoms with van der Waals surface area (Å²) in [7, 11) is 1.59. The predicted octanol–water partition coefficient (Wildman–Crippen LogP) is 0.746. The summed E-state index contributed by atoms with van der Waals surface area (Å²) >= 11 is 0. The van der Waals surface area contributed by atoms with E-state index in [0.717, 1.165) is 5.56 Å². The number of hydrogen-bond acceptors (Lipinski definition) is 4. The van der Waals surface area contributed by atoms with Crippen molar-refractivity contribution < 1.29 is 18.7 Å². The van der Waals surface area contributed by atoms with Crippen LogP contribution < -0.4 is 5.32 Å². The van der Waals surface area contributed by atoms with Crippen LogP contribution in [0.4, 0.5) is 4.39 Å². The Balaban J connectivity index is 1.72. The molecule has 0 unspecified atom stereocenters. The van der Waals surface area contributed by atoms with Crippen LogP contribution in [0.15, 0.2) is 30.3 Å². The van der Waals surface area contributed by atoms with E-state index in [1.165, 1.54) is 18.2 Å². The minimum Gasteiger partial charge on any atom is -0.383 e. The summed E-state index contributed by atoms with van der Waals surface area (Å²) in [6, 6.07) is 5.97. The van der Waals surface area contributed by atoms with Gasteiger partial charge in [-0.25, -0.2) is 4.39 Å². The third kappa shape index (κ3) is 6.64. The summed E-state index contributed by atoms with van der Waals surface area (Å²) in [6.07, 6.45) is 3.18. The summed E-state index contributed by atoms with van der Waals surface area (Å²) < 4.78 is 17.7. The Hall–Kier alpha value is -2.25. The van der Waals surface area contributed by atoms with Crippen molar-refractivity contribution in [2.24, 2.45) is 0 Å². The number of hydrogen-bond donors (Lipinski definition) is 1. The summed E-state index contributed by atoms with van der Waals surface area (Å²) in [5, 5.41) is 2.78. The van der Waals surface area contributed by atoms with Crippen molar-refractivity contribution in [2.75, 3.05) is 53.0 Å². The van der Waals surface area contributed by atoms with Gasteiger partial charge in [0, 0.05) is 45.9 Å². The molecule has 25 heavy (non-hydrogen) atoms. The van der Waals surface area contributed by atoms with Crippen molar-refractivity contribution in [3.05, 3.63) is 41.7 Å². The topological polar surface area (TPSA) is 61.9 Å². The van der Waals surface area contributed by atoms with Crippen molar-refractivity contribution in [1.82, 2.24) is 15.1 Å². The van der Waals surface area contributed by atoms with E-state index in [1.54, 1.807) is 30.2 Å². The molecule has 2 amide bonds. The summed E-state index contributed by atoms with van der Waals surface area (Å²) in [6.45, 7) is 3.81. The van der Waals surface area contributed by atoms with Gasteiger partial charge < -0.3 is 15.0 Å². The summed E-state index contributed by atoms with van der Waals surface area (Å²) in [5.41, 5.74) is 0.779. The van der Waals surface area contributed by atoms with Crippen LogP contribution in [-0.4, -0.2) is 74.6 Å². The molecule has 1 saturated heterocycles. The highest BCUT2D eigenvalue weighted by molar-refractivity contribution is 5.91. The number of benzene rings is 1. The average molecular weight is 349 g/mol. The zero-order valence-corrected chi connectivity index (χ0v) is 14.4. The second-order valence-electron chi connectivity index (χ2n) is 5.83. The van der Waals surface area contributed by atoms with E-state index in [-0.39, 0.29) is 17.6 Å². The van der Waals surface area contributed by atoms with Crippen LogP contribution in [-0.2, 0) is 14.3 Å². The maximum Gasteiger partial charge on any atom is 0.246 e. The van der Waals surface area contributed by atoms with Gasteiger partial charge in [0.2, 0.25) is 11.8 Å². The van der Waals surface area contributed by atoms with E-state index in [9.17, 15) is 14.0 Å². The van der Waals surface area contributed by atoms with Gasteiger partial charge in [-0.15, -0.1) is 0 Å². The molecule has 1 aromatic carbocycles. The van der Waals surface area contributed by atoms with Crippen molar-refractivity contribution in [1.29, 1.82) is 0 Å². The minimum atomic E-state index is -0.300. The molecule has 0 saturated carbocycles. The SMILES string of the molecule is COCCNC(=O)CN1CCN(C(=O)/C=C/c2ccc(F)cc2)CC1. The zero-order valence-electron chi connectivity index (χ0n) is 14.4. The molecular weight excluding hydrogens is 325 g/mol. The molecule has 1 aliphatic rings. The molecule has 0 aromatic heterocycles. The Bertz CT molecular complexity index is 596. The van der Waals surface area contributed by atoms with E-state index in [2.05, 4.69) is 5.32 Å². The monoisotopic (exact) mass is 349 g/mol. The fraction of sp³-hybridized carbons (Fsp3) is 0.444. The van der Waals surface area contributed by atoms with Crippen LogP contribution in [0.2, 0.25) is 0 Å². The molecule has 1 N–H and O–H groups in total. The molecule has 2 rings (SSSR count). The van der Waals surface area contributed by atoms with Crippen LogP contribution in [0.3, 0.4) is 0 Å². The Morgan fingerprint density at radius 3 is 2.52 bits per heavy atom. The highest BCUT2D eigenvalue weighted by atomic mass is 19.1. The molecule has 0 atom stereocenters. The lowest BCUT2D eigenvalue weighted by molar-refractivity contribution is -0.128. The minimum absolute atomic E-state index is 0.0342. The second-order valence-corrected chi connectivity index (χ2v) is 5.83. The quantitative estimate of drug-likeness (QED) is 0.583. The molecule has 0 bridgehead atoms. The number of methoxy groups -OCH3 is 1. The molecule has 1 aliphatic heterocycles. The van der Waals surface area contributed by atoms with Crippen LogP contribution in [0.25, 0.3) is 6.08 Å². The fourth-order valence-corrected chi connectivity index (χ4v) is 2.52. The highest BCUT2D eigenvalue weighted by Gasteiger charge is 2.20. The van der Waals surface area contributed by atoms with E-state index < -0.39 is 0 Å². The van der Waals surface area contributed by atoms with Gasteiger partial charge in [0.15, 0.2) is 0 Å². The Labute approximate surface area is 147 Å². The summed E-state index contributed by atoms with van der Waals surface area (Å²) in [5.74, 6) is -0.410. The molecule has 1 aromatic rings. The fourth-order valence-electron chi connectivity index (χ4n) is 2.52. The van der Waals surface area contributed by atoms with Gasteiger partial charge in [0.05, 0.1) is 13.2 Å². The smallest absolute Gasteiger partial charge is 0.246 e. The van der Waals surface area contributed by atoms with Gasteiger partial charge in [-0.3, -0.25) is 14.5 Å². The first-order chi connectivity index (χ1) is 12.1. The standard InChI is InChI=1S/C18H24FN3O3/c1-25-13-8-20-17(23)14-21-9-11-22(12-10-21)18(24)7-4-15-2-5-16(19)6-3-15/h2-7H,8-14H2,1H3,(H,20,23)/b7-4+. The highest BCUT2D eigenvalue weighted by Crippen LogP contribution is 2.07. The van der Waals surface area contributed by atoms with Gasteiger partial charge >= 0.3 is 0 Å². The van der Waals surface area contributed by atoms with Crippen molar-refractivity contribution in [3.63, 3.8) is 0 Å². The van der Waals surface area contributed by atoms with Crippen LogP contribution in [0, 0.1) is 5.82 Å². The van der Waals surface area contributed by atoms with Crippen molar-refractivity contribution in [3.8, 4) is 0 Å². The zero-order chi connectivity index (χ0) is 18.1. The maximum absolute atomic E-state index is 12.9. The number of carbonyl (C=O) groups is 2. The van der Waals surface area contributed by atoms with Gasteiger partial charge in [-0.05, 0) is 23.8 Å². The van der Waals surface area contributed by atoms with E-state index in [0.29, 0.717) is 45.9 Å². The lowest BCUT2D eigenvalue weighted by Crippen LogP contribution is -2.51. The largest absolute Gasteiger partial charge is 0.383 e. The number of nitrogens with zero attached hydrogens (tertiary/aromatic N) is 2. The van der Waals surface area contributed by atoms with Crippen LogP contribution >= 0.6 is 0 Å². The van der Waals surface area contributed by atoms with Gasteiger partial charge in [0.1, 0.15) is 5.82 Å². The molecule has 0 radical (unpaired) electrons. The van der Waals surface area contributed by atoms with Gasteiger partial charge in [-0.2, -0.15) is 0 Å². The molecule has 6 nitrogen and oxygen atoms in total. The third-order valence-corrected chi connectivity index (χ3v) is 3.97.